The Hall–Kier alpha value is -1.45. The Kier molecular flexibility index (Phi) is 2.57. The summed E-state index contributed by atoms with van der Waals surface area (Å²) < 4.78 is 12.9. The van der Waals surface area contributed by atoms with Crippen LogP contribution in [0.2, 0.25) is 0 Å². The number of carbonyl (C=O) groups is 1. The van der Waals surface area contributed by atoms with E-state index < -0.39 is 5.95 Å². The van der Waals surface area contributed by atoms with E-state index >= 15 is 0 Å². The largest absolute Gasteiger partial charge is 0.349 e. The molecule has 0 bridgehead atoms. The summed E-state index contributed by atoms with van der Waals surface area (Å²) in [5.41, 5.74) is 0.365. The topological polar surface area (TPSA) is 42.0 Å². The second kappa shape index (κ2) is 4.09. The third-order valence-corrected chi connectivity index (χ3v) is 3.55. The molecule has 3 rings (SSSR count). The highest BCUT2D eigenvalue weighted by atomic mass is 19.1. The summed E-state index contributed by atoms with van der Waals surface area (Å²) in [6.45, 7) is 0. The number of hydrogen-bond acceptors (Lipinski definition) is 2. The van der Waals surface area contributed by atoms with Gasteiger partial charge < -0.3 is 5.32 Å². The van der Waals surface area contributed by atoms with Crippen molar-refractivity contribution in [3.63, 3.8) is 0 Å². The van der Waals surface area contributed by atoms with E-state index in [2.05, 4.69) is 10.3 Å². The Morgan fingerprint density at radius 3 is 2.53 bits per heavy atom. The molecule has 0 spiro atoms. The average Bonchev–Trinajstić information content (AvgIpc) is 3.16. The Balaban J connectivity index is 1.69. The molecule has 2 aliphatic rings. The molecule has 17 heavy (non-hydrogen) atoms. The number of rotatable bonds is 4. The number of amides is 1. The molecule has 90 valence electrons. The van der Waals surface area contributed by atoms with Crippen molar-refractivity contribution in [2.24, 2.45) is 11.8 Å². The second-order valence-electron chi connectivity index (χ2n) is 5.04. The van der Waals surface area contributed by atoms with Gasteiger partial charge in [0.25, 0.3) is 5.91 Å². The zero-order chi connectivity index (χ0) is 11.8. The minimum absolute atomic E-state index is 0.171. The van der Waals surface area contributed by atoms with Crippen LogP contribution in [0.5, 0.6) is 0 Å². The van der Waals surface area contributed by atoms with Crippen molar-refractivity contribution < 1.29 is 9.18 Å². The van der Waals surface area contributed by atoms with E-state index in [0.29, 0.717) is 23.4 Å². The SMILES string of the molecule is O=C(NC(C1CC1)C1CC1)c1ccnc(F)c1. The fourth-order valence-corrected chi connectivity index (χ4v) is 2.31. The van der Waals surface area contributed by atoms with Gasteiger partial charge in [0, 0.05) is 23.9 Å². The van der Waals surface area contributed by atoms with Gasteiger partial charge in [-0.05, 0) is 43.6 Å². The van der Waals surface area contributed by atoms with Gasteiger partial charge >= 0.3 is 0 Å². The van der Waals surface area contributed by atoms with Crippen molar-refractivity contribution in [2.45, 2.75) is 31.7 Å². The van der Waals surface area contributed by atoms with Crippen LogP contribution < -0.4 is 5.32 Å². The Morgan fingerprint density at radius 2 is 2.00 bits per heavy atom. The number of hydrogen-bond donors (Lipinski definition) is 1. The standard InChI is InChI=1S/C13H15FN2O/c14-11-7-10(5-6-15-11)13(17)16-12(8-1-2-8)9-3-4-9/h5-9,12H,1-4H2,(H,16,17). The van der Waals surface area contributed by atoms with Gasteiger partial charge in [0.05, 0.1) is 0 Å². The summed E-state index contributed by atoms with van der Waals surface area (Å²) in [6.07, 6.45) is 6.18. The van der Waals surface area contributed by atoms with E-state index in [-0.39, 0.29) is 5.91 Å². The molecule has 3 nitrogen and oxygen atoms in total. The van der Waals surface area contributed by atoms with Crippen LogP contribution in [0.25, 0.3) is 0 Å². The lowest BCUT2D eigenvalue weighted by Crippen LogP contribution is -2.38. The molecule has 2 fully saturated rings. The number of nitrogens with one attached hydrogen (secondary N) is 1. The second-order valence-corrected chi connectivity index (χ2v) is 5.04. The first-order valence-electron chi connectivity index (χ1n) is 6.16. The molecule has 1 heterocycles. The maximum atomic E-state index is 12.9. The number of aromatic nitrogens is 1. The van der Waals surface area contributed by atoms with Crippen molar-refractivity contribution in [1.82, 2.24) is 10.3 Å². The fraction of sp³-hybridized carbons (Fsp3) is 0.538. The van der Waals surface area contributed by atoms with E-state index in [0.717, 1.165) is 0 Å². The summed E-state index contributed by atoms with van der Waals surface area (Å²) in [5.74, 6) is 0.526. The monoisotopic (exact) mass is 234 g/mol. The summed E-state index contributed by atoms with van der Waals surface area (Å²) in [7, 11) is 0. The van der Waals surface area contributed by atoms with E-state index in [9.17, 15) is 9.18 Å². The summed E-state index contributed by atoms with van der Waals surface area (Å²) in [4.78, 5) is 15.4. The van der Waals surface area contributed by atoms with E-state index in [1.54, 1.807) is 6.07 Å². The van der Waals surface area contributed by atoms with Crippen molar-refractivity contribution in [1.29, 1.82) is 0 Å². The van der Waals surface area contributed by atoms with Crippen molar-refractivity contribution >= 4 is 5.91 Å². The first-order valence-corrected chi connectivity index (χ1v) is 6.16. The van der Waals surface area contributed by atoms with Crippen LogP contribution in [-0.2, 0) is 0 Å². The van der Waals surface area contributed by atoms with Gasteiger partial charge in [-0.2, -0.15) is 4.39 Å². The third-order valence-electron chi connectivity index (χ3n) is 3.55. The number of pyridine rings is 1. The quantitative estimate of drug-likeness (QED) is 0.811. The molecule has 0 radical (unpaired) electrons. The maximum Gasteiger partial charge on any atom is 0.251 e. The van der Waals surface area contributed by atoms with E-state index in [1.807, 2.05) is 0 Å². The smallest absolute Gasteiger partial charge is 0.251 e. The molecule has 2 aliphatic carbocycles. The number of halogens is 1. The van der Waals surface area contributed by atoms with Crippen LogP contribution in [0.3, 0.4) is 0 Å². The third kappa shape index (κ3) is 2.46. The van der Waals surface area contributed by atoms with E-state index in [1.165, 1.54) is 37.9 Å². The van der Waals surface area contributed by atoms with E-state index in [4.69, 9.17) is 0 Å². The molecular weight excluding hydrogens is 219 g/mol. The lowest BCUT2D eigenvalue weighted by atomic mass is 10.1. The molecule has 1 aromatic heterocycles. The molecule has 1 N–H and O–H groups in total. The van der Waals surface area contributed by atoms with Crippen LogP contribution >= 0.6 is 0 Å². The lowest BCUT2D eigenvalue weighted by molar-refractivity contribution is 0.0925. The minimum Gasteiger partial charge on any atom is -0.349 e. The molecule has 0 saturated heterocycles. The normalized spacial score (nSPS) is 19.4. The average molecular weight is 234 g/mol. The summed E-state index contributed by atoms with van der Waals surface area (Å²) in [6, 6.07) is 3.04. The molecular formula is C13H15FN2O. The molecule has 4 heteroatoms. The zero-order valence-electron chi connectivity index (χ0n) is 9.53. The van der Waals surface area contributed by atoms with Crippen LogP contribution in [0.1, 0.15) is 36.0 Å². The van der Waals surface area contributed by atoms with Gasteiger partial charge in [0.1, 0.15) is 0 Å². The highest BCUT2D eigenvalue weighted by Gasteiger charge is 2.42. The lowest BCUT2D eigenvalue weighted by Gasteiger charge is -2.17. The Morgan fingerprint density at radius 1 is 1.35 bits per heavy atom. The predicted octanol–water partition coefficient (Wildman–Crippen LogP) is 2.14. The Labute approximate surface area is 99.4 Å². The number of nitrogens with zero attached hydrogens (tertiary/aromatic N) is 1. The van der Waals surface area contributed by atoms with Gasteiger partial charge in [0.15, 0.2) is 0 Å². The maximum absolute atomic E-state index is 12.9. The number of carbonyl (C=O) groups excluding carboxylic acids is 1. The highest BCUT2D eigenvalue weighted by molar-refractivity contribution is 5.94. The van der Waals surface area contributed by atoms with Crippen LogP contribution in [0, 0.1) is 17.8 Å². The molecule has 0 aliphatic heterocycles. The van der Waals surface area contributed by atoms with Gasteiger partial charge in [0.2, 0.25) is 5.95 Å². The molecule has 1 amide bonds. The van der Waals surface area contributed by atoms with Gasteiger partial charge in [-0.25, -0.2) is 4.98 Å². The molecule has 1 aromatic rings. The summed E-state index contributed by atoms with van der Waals surface area (Å²) >= 11 is 0. The predicted molar refractivity (Wildman–Crippen MR) is 60.9 cm³/mol. The van der Waals surface area contributed by atoms with Crippen molar-refractivity contribution in [3.8, 4) is 0 Å². The van der Waals surface area contributed by atoms with Gasteiger partial charge in [-0.3, -0.25) is 4.79 Å². The molecule has 0 atom stereocenters. The molecule has 0 aromatic carbocycles. The van der Waals surface area contributed by atoms with Crippen LogP contribution in [-0.4, -0.2) is 16.9 Å². The Bertz CT molecular complexity index is 429. The van der Waals surface area contributed by atoms with Crippen LogP contribution in [0.15, 0.2) is 18.3 Å². The minimum atomic E-state index is -0.605. The van der Waals surface area contributed by atoms with Crippen molar-refractivity contribution in [2.75, 3.05) is 0 Å². The first kappa shape index (κ1) is 10.7. The van der Waals surface area contributed by atoms with Gasteiger partial charge in [-0.15, -0.1) is 0 Å². The van der Waals surface area contributed by atoms with Crippen LogP contribution in [0.4, 0.5) is 4.39 Å². The van der Waals surface area contributed by atoms with Crippen molar-refractivity contribution in [3.05, 3.63) is 29.8 Å². The fourth-order valence-electron chi connectivity index (χ4n) is 2.31. The zero-order valence-corrected chi connectivity index (χ0v) is 9.53. The molecule has 0 unspecified atom stereocenters. The first-order chi connectivity index (χ1) is 8.24. The summed E-state index contributed by atoms with van der Waals surface area (Å²) in [5, 5.41) is 3.05. The molecule has 2 saturated carbocycles. The highest BCUT2D eigenvalue weighted by Crippen LogP contribution is 2.44. The van der Waals surface area contributed by atoms with Gasteiger partial charge in [-0.1, -0.05) is 0 Å².